The Balaban J connectivity index is 2.20. The van der Waals surface area contributed by atoms with Crippen LogP contribution >= 0.6 is 0 Å². The van der Waals surface area contributed by atoms with E-state index < -0.39 is 12.2 Å². The molecule has 0 aliphatic carbocycles. The molecule has 16 heavy (non-hydrogen) atoms. The summed E-state index contributed by atoms with van der Waals surface area (Å²) < 4.78 is 5.51. The topological polar surface area (TPSA) is 88.6 Å². The average Bonchev–Trinajstić information content (AvgIpc) is 2.59. The number of rotatable bonds is 2. The van der Waals surface area contributed by atoms with Gasteiger partial charge in [-0.3, -0.25) is 0 Å². The van der Waals surface area contributed by atoms with Gasteiger partial charge in [-0.1, -0.05) is 6.07 Å². The quantitative estimate of drug-likeness (QED) is 0.665. The standard InChI is InChI=1S/C11H16N2O3/c1-6-2-3-7(11(12)13-6)9-4-8(15)10(5-14)16-9/h2-3,8-10,14-15H,4-5H2,1H3,(H2,12,13)/t8-,9+,10+/m0/s1. The molecule has 1 aliphatic rings. The molecule has 5 heteroatoms. The molecular weight excluding hydrogens is 208 g/mol. The smallest absolute Gasteiger partial charge is 0.129 e. The van der Waals surface area contributed by atoms with Gasteiger partial charge in [0.05, 0.1) is 18.8 Å². The molecule has 2 rings (SSSR count). The molecule has 0 aromatic carbocycles. The van der Waals surface area contributed by atoms with E-state index in [1.807, 2.05) is 19.1 Å². The van der Waals surface area contributed by atoms with Gasteiger partial charge in [0.1, 0.15) is 11.9 Å². The minimum absolute atomic E-state index is 0.184. The summed E-state index contributed by atoms with van der Waals surface area (Å²) in [6, 6.07) is 3.71. The first-order valence-electron chi connectivity index (χ1n) is 5.29. The first-order chi connectivity index (χ1) is 7.61. The summed E-state index contributed by atoms with van der Waals surface area (Å²) in [6.45, 7) is 1.68. The number of aliphatic hydroxyl groups is 2. The van der Waals surface area contributed by atoms with Crippen molar-refractivity contribution in [3.05, 3.63) is 23.4 Å². The third kappa shape index (κ3) is 2.02. The first kappa shape index (κ1) is 11.3. The van der Waals surface area contributed by atoms with Crippen LogP contribution in [-0.4, -0.2) is 34.0 Å². The fourth-order valence-corrected chi connectivity index (χ4v) is 1.95. The fourth-order valence-electron chi connectivity index (χ4n) is 1.95. The molecular formula is C11H16N2O3. The van der Waals surface area contributed by atoms with E-state index in [0.717, 1.165) is 11.3 Å². The van der Waals surface area contributed by atoms with Gasteiger partial charge in [-0.2, -0.15) is 0 Å². The van der Waals surface area contributed by atoms with Gasteiger partial charge >= 0.3 is 0 Å². The lowest BCUT2D eigenvalue weighted by molar-refractivity contribution is -0.0224. The predicted octanol–water partition coefficient (Wildman–Crippen LogP) is 0.155. The number of aromatic nitrogens is 1. The summed E-state index contributed by atoms with van der Waals surface area (Å²) in [5.41, 5.74) is 7.42. The molecule has 0 radical (unpaired) electrons. The van der Waals surface area contributed by atoms with E-state index in [9.17, 15) is 5.11 Å². The van der Waals surface area contributed by atoms with Crippen LogP contribution in [0.2, 0.25) is 0 Å². The van der Waals surface area contributed by atoms with Crippen LogP contribution in [0.3, 0.4) is 0 Å². The van der Waals surface area contributed by atoms with Crippen LogP contribution in [-0.2, 0) is 4.74 Å². The zero-order valence-corrected chi connectivity index (χ0v) is 9.13. The van der Waals surface area contributed by atoms with Crippen LogP contribution in [0, 0.1) is 6.92 Å². The molecule has 0 amide bonds. The molecule has 0 unspecified atom stereocenters. The van der Waals surface area contributed by atoms with Crippen molar-refractivity contribution in [1.29, 1.82) is 0 Å². The first-order valence-corrected chi connectivity index (χ1v) is 5.29. The number of aliphatic hydroxyl groups excluding tert-OH is 2. The lowest BCUT2D eigenvalue weighted by Gasteiger charge is -2.13. The van der Waals surface area contributed by atoms with E-state index in [4.69, 9.17) is 15.6 Å². The Morgan fingerprint density at radius 2 is 2.31 bits per heavy atom. The molecule has 5 nitrogen and oxygen atoms in total. The molecule has 0 spiro atoms. The van der Waals surface area contributed by atoms with Crippen molar-refractivity contribution >= 4 is 5.82 Å². The Morgan fingerprint density at radius 1 is 1.56 bits per heavy atom. The predicted molar refractivity (Wildman–Crippen MR) is 58.7 cm³/mol. The second kappa shape index (κ2) is 4.37. The van der Waals surface area contributed by atoms with Crippen LogP contribution in [0.25, 0.3) is 0 Å². The minimum atomic E-state index is -0.643. The van der Waals surface area contributed by atoms with Crippen LogP contribution in [0.4, 0.5) is 5.82 Å². The average molecular weight is 224 g/mol. The lowest BCUT2D eigenvalue weighted by atomic mass is 10.1. The molecule has 0 bridgehead atoms. The summed E-state index contributed by atoms with van der Waals surface area (Å²) in [6.07, 6.45) is -0.998. The van der Waals surface area contributed by atoms with Crippen molar-refractivity contribution in [1.82, 2.24) is 4.98 Å². The molecule has 1 aromatic rings. The highest BCUT2D eigenvalue weighted by Gasteiger charge is 2.35. The fraction of sp³-hybridized carbons (Fsp3) is 0.545. The summed E-state index contributed by atoms with van der Waals surface area (Å²) in [5.74, 6) is 0.427. The van der Waals surface area contributed by atoms with E-state index in [2.05, 4.69) is 4.98 Å². The van der Waals surface area contributed by atoms with Crippen molar-refractivity contribution in [2.75, 3.05) is 12.3 Å². The second-order valence-electron chi connectivity index (χ2n) is 4.08. The van der Waals surface area contributed by atoms with Crippen LogP contribution in [0.1, 0.15) is 23.8 Å². The van der Waals surface area contributed by atoms with E-state index >= 15 is 0 Å². The zero-order valence-electron chi connectivity index (χ0n) is 9.13. The highest BCUT2D eigenvalue weighted by molar-refractivity contribution is 5.42. The molecule has 1 aliphatic heterocycles. The van der Waals surface area contributed by atoms with Gasteiger partial charge in [0.25, 0.3) is 0 Å². The maximum Gasteiger partial charge on any atom is 0.129 e. The number of nitrogen functional groups attached to an aromatic ring is 1. The van der Waals surface area contributed by atoms with Gasteiger partial charge in [-0.15, -0.1) is 0 Å². The van der Waals surface area contributed by atoms with Gasteiger partial charge in [0, 0.05) is 17.7 Å². The Bertz CT molecular complexity index is 383. The van der Waals surface area contributed by atoms with Gasteiger partial charge < -0.3 is 20.7 Å². The summed E-state index contributed by atoms with van der Waals surface area (Å²) in [7, 11) is 0. The van der Waals surface area contributed by atoms with Crippen molar-refractivity contribution in [2.45, 2.75) is 31.7 Å². The largest absolute Gasteiger partial charge is 0.394 e. The second-order valence-corrected chi connectivity index (χ2v) is 4.08. The van der Waals surface area contributed by atoms with Crippen LogP contribution in [0.15, 0.2) is 12.1 Å². The monoisotopic (exact) mass is 224 g/mol. The number of hydrogen-bond donors (Lipinski definition) is 3. The molecule has 88 valence electrons. The number of hydrogen-bond acceptors (Lipinski definition) is 5. The number of anilines is 1. The highest BCUT2D eigenvalue weighted by atomic mass is 16.5. The van der Waals surface area contributed by atoms with E-state index in [0.29, 0.717) is 12.2 Å². The number of nitrogens with two attached hydrogens (primary N) is 1. The van der Waals surface area contributed by atoms with Crippen molar-refractivity contribution in [3.63, 3.8) is 0 Å². The summed E-state index contributed by atoms with van der Waals surface area (Å²) in [4.78, 5) is 4.15. The Kier molecular flexibility index (Phi) is 3.09. The normalized spacial score (nSPS) is 29.6. The molecule has 0 saturated carbocycles. The maximum absolute atomic E-state index is 9.62. The SMILES string of the molecule is Cc1ccc([C@H]2C[C@H](O)[C@@H](CO)O2)c(N)n1. The number of aryl methyl sites for hydroxylation is 1. The lowest BCUT2D eigenvalue weighted by Crippen LogP contribution is -2.24. The number of pyridine rings is 1. The molecule has 3 atom stereocenters. The van der Waals surface area contributed by atoms with E-state index in [1.54, 1.807) is 0 Å². The molecule has 1 saturated heterocycles. The third-order valence-corrected chi connectivity index (χ3v) is 2.85. The molecule has 2 heterocycles. The van der Waals surface area contributed by atoms with E-state index in [-0.39, 0.29) is 12.7 Å². The van der Waals surface area contributed by atoms with Crippen LogP contribution in [0.5, 0.6) is 0 Å². The van der Waals surface area contributed by atoms with E-state index in [1.165, 1.54) is 0 Å². The maximum atomic E-state index is 9.62. The van der Waals surface area contributed by atoms with Crippen molar-refractivity contribution in [3.8, 4) is 0 Å². The van der Waals surface area contributed by atoms with Gasteiger partial charge in [0.15, 0.2) is 0 Å². The van der Waals surface area contributed by atoms with Crippen LogP contribution < -0.4 is 5.73 Å². The molecule has 4 N–H and O–H groups in total. The van der Waals surface area contributed by atoms with Gasteiger partial charge in [0.2, 0.25) is 0 Å². The Hall–Kier alpha value is -1.17. The zero-order chi connectivity index (χ0) is 11.7. The van der Waals surface area contributed by atoms with Gasteiger partial charge in [-0.05, 0) is 13.0 Å². The number of nitrogens with zero attached hydrogens (tertiary/aromatic N) is 1. The summed E-state index contributed by atoms with van der Waals surface area (Å²) in [5, 5.41) is 18.6. The molecule has 1 fully saturated rings. The van der Waals surface area contributed by atoms with Crippen molar-refractivity contribution < 1.29 is 14.9 Å². The third-order valence-electron chi connectivity index (χ3n) is 2.85. The Morgan fingerprint density at radius 3 is 2.88 bits per heavy atom. The molecule has 1 aromatic heterocycles. The van der Waals surface area contributed by atoms with Gasteiger partial charge in [-0.25, -0.2) is 4.98 Å². The Labute approximate surface area is 93.9 Å². The number of ether oxygens (including phenoxy) is 1. The minimum Gasteiger partial charge on any atom is -0.394 e. The van der Waals surface area contributed by atoms with Crippen molar-refractivity contribution in [2.24, 2.45) is 0 Å². The summed E-state index contributed by atoms with van der Waals surface area (Å²) >= 11 is 0. The highest BCUT2D eigenvalue weighted by Crippen LogP contribution is 2.34.